The van der Waals surface area contributed by atoms with E-state index in [1.807, 2.05) is 18.2 Å². The Labute approximate surface area is 128 Å². The first kappa shape index (κ1) is 14.6. The molecule has 1 aliphatic rings. The average molecular weight is 301 g/mol. The highest BCUT2D eigenvalue weighted by molar-refractivity contribution is 5.76. The Balaban J connectivity index is 1.61. The highest BCUT2D eigenvalue weighted by Crippen LogP contribution is 2.37. The van der Waals surface area contributed by atoms with Crippen LogP contribution in [0.2, 0.25) is 0 Å². The molecule has 1 atom stereocenters. The van der Waals surface area contributed by atoms with Crippen LogP contribution in [0.3, 0.4) is 0 Å². The standard InChI is InChI=1S/C15H19N5O2/c21-12-7-11(8-12)15(13-3-1-2-5-17-13)19-14(22)4-6-20-10-16-9-18-20/h1-3,5,9-12,15,21H,4,6-8H2,(H,19,22)/t11?,12?,15-/m1/s1. The van der Waals surface area contributed by atoms with Crippen LogP contribution in [0.1, 0.15) is 31.0 Å². The normalized spacial score (nSPS) is 21.9. The summed E-state index contributed by atoms with van der Waals surface area (Å²) in [6.45, 7) is 0.494. The number of aliphatic hydroxyl groups excluding tert-OH is 1. The molecule has 3 rings (SSSR count). The molecule has 22 heavy (non-hydrogen) atoms. The van der Waals surface area contributed by atoms with Gasteiger partial charge in [0.25, 0.3) is 0 Å². The lowest BCUT2D eigenvalue weighted by atomic mass is 9.76. The molecule has 0 radical (unpaired) electrons. The smallest absolute Gasteiger partial charge is 0.222 e. The molecular formula is C15H19N5O2. The van der Waals surface area contributed by atoms with Crippen molar-refractivity contribution >= 4 is 5.91 Å². The minimum absolute atomic E-state index is 0.0486. The van der Waals surface area contributed by atoms with E-state index in [1.165, 1.54) is 6.33 Å². The zero-order valence-corrected chi connectivity index (χ0v) is 12.2. The second-order valence-corrected chi connectivity index (χ2v) is 5.59. The first-order valence-electron chi connectivity index (χ1n) is 7.43. The molecule has 2 aromatic heterocycles. The van der Waals surface area contributed by atoms with Crippen LogP contribution in [0, 0.1) is 5.92 Å². The maximum atomic E-state index is 12.2. The van der Waals surface area contributed by atoms with Crippen molar-refractivity contribution in [1.29, 1.82) is 0 Å². The first-order chi connectivity index (χ1) is 10.7. The number of aliphatic hydroxyl groups is 1. The van der Waals surface area contributed by atoms with Crippen molar-refractivity contribution < 1.29 is 9.90 Å². The molecule has 116 valence electrons. The number of rotatable bonds is 6. The summed E-state index contributed by atoms with van der Waals surface area (Å²) >= 11 is 0. The molecule has 0 aromatic carbocycles. The molecule has 7 heteroatoms. The van der Waals surface area contributed by atoms with Crippen molar-refractivity contribution in [1.82, 2.24) is 25.1 Å². The molecule has 0 saturated heterocycles. The molecule has 7 nitrogen and oxygen atoms in total. The Morgan fingerprint density at radius 2 is 2.32 bits per heavy atom. The number of amides is 1. The lowest BCUT2D eigenvalue weighted by Gasteiger charge is -2.37. The van der Waals surface area contributed by atoms with E-state index in [9.17, 15) is 9.90 Å². The maximum absolute atomic E-state index is 12.2. The van der Waals surface area contributed by atoms with Gasteiger partial charge in [-0.2, -0.15) is 5.10 Å². The van der Waals surface area contributed by atoms with Gasteiger partial charge in [-0.3, -0.25) is 14.5 Å². The zero-order valence-electron chi connectivity index (χ0n) is 12.2. The summed E-state index contributed by atoms with van der Waals surface area (Å²) in [7, 11) is 0. The molecule has 0 bridgehead atoms. The molecule has 2 N–H and O–H groups in total. The van der Waals surface area contributed by atoms with Crippen molar-refractivity contribution in [3.63, 3.8) is 0 Å². The summed E-state index contributed by atoms with van der Waals surface area (Å²) in [5, 5.41) is 16.5. The highest BCUT2D eigenvalue weighted by atomic mass is 16.3. The average Bonchev–Trinajstić information content (AvgIpc) is 3.02. The number of nitrogens with zero attached hydrogens (tertiary/aromatic N) is 4. The molecule has 1 amide bonds. The second-order valence-electron chi connectivity index (χ2n) is 5.59. The van der Waals surface area contributed by atoms with Crippen LogP contribution in [0.5, 0.6) is 0 Å². The van der Waals surface area contributed by atoms with Crippen LogP contribution in [0.15, 0.2) is 37.1 Å². The molecule has 0 spiro atoms. The van der Waals surface area contributed by atoms with Crippen molar-refractivity contribution in [2.24, 2.45) is 5.92 Å². The van der Waals surface area contributed by atoms with Crippen LogP contribution >= 0.6 is 0 Å². The minimum Gasteiger partial charge on any atom is -0.393 e. The molecule has 1 saturated carbocycles. The Bertz CT molecular complexity index is 596. The minimum atomic E-state index is -0.261. The van der Waals surface area contributed by atoms with E-state index < -0.39 is 0 Å². The summed E-state index contributed by atoms with van der Waals surface area (Å²) in [4.78, 5) is 20.4. The van der Waals surface area contributed by atoms with Crippen molar-refractivity contribution in [2.45, 2.75) is 38.0 Å². The molecule has 2 aromatic rings. The van der Waals surface area contributed by atoms with Gasteiger partial charge in [0.05, 0.1) is 24.4 Å². The van der Waals surface area contributed by atoms with Crippen LogP contribution in [0.4, 0.5) is 0 Å². The quantitative estimate of drug-likeness (QED) is 0.819. The number of carbonyl (C=O) groups is 1. The van der Waals surface area contributed by atoms with E-state index in [2.05, 4.69) is 20.4 Å². The molecule has 2 heterocycles. The van der Waals surface area contributed by atoms with E-state index >= 15 is 0 Å². The molecular weight excluding hydrogens is 282 g/mol. The predicted molar refractivity (Wildman–Crippen MR) is 78.5 cm³/mol. The Kier molecular flexibility index (Phi) is 4.43. The summed E-state index contributed by atoms with van der Waals surface area (Å²) in [5.41, 5.74) is 0.841. The summed E-state index contributed by atoms with van der Waals surface area (Å²) in [5.74, 6) is 0.188. The van der Waals surface area contributed by atoms with Crippen LogP contribution in [0.25, 0.3) is 0 Å². The molecule has 0 unspecified atom stereocenters. The van der Waals surface area contributed by atoms with E-state index in [0.29, 0.717) is 25.8 Å². The number of pyridine rings is 1. The molecule has 1 aliphatic carbocycles. The zero-order chi connectivity index (χ0) is 15.4. The van der Waals surface area contributed by atoms with E-state index in [-0.39, 0.29) is 24.0 Å². The SMILES string of the molecule is O=C(CCn1cncn1)N[C@@H](c1ccccn1)C1CC(O)C1. The van der Waals surface area contributed by atoms with Crippen LogP contribution < -0.4 is 5.32 Å². The van der Waals surface area contributed by atoms with Gasteiger partial charge in [-0.25, -0.2) is 4.98 Å². The molecule has 0 aliphatic heterocycles. The number of aromatic nitrogens is 4. The van der Waals surface area contributed by atoms with E-state index in [0.717, 1.165) is 5.69 Å². The third-order valence-electron chi connectivity index (χ3n) is 3.98. The fourth-order valence-corrected chi connectivity index (χ4v) is 2.71. The fraction of sp³-hybridized carbons (Fsp3) is 0.467. The monoisotopic (exact) mass is 301 g/mol. The number of aryl methyl sites for hydroxylation is 1. The Morgan fingerprint density at radius 3 is 2.95 bits per heavy atom. The first-order valence-corrected chi connectivity index (χ1v) is 7.43. The van der Waals surface area contributed by atoms with Gasteiger partial charge in [-0.1, -0.05) is 6.07 Å². The number of hydrogen-bond acceptors (Lipinski definition) is 5. The van der Waals surface area contributed by atoms with E-state index in [1.54, 1.807) is 17.2 Å². The van der Waals surface area contributed by atoms with Crippen molar-refractivity contribution in [3.8, 4) is 0 Å². The third kappa shape index (κ3) is 3.48. The Hall–Kier alpha value is -2.28. The summed E-state index contributed by atoms with van der Waals surface area (Å²) in [6, 6.07) is 5.52. The van der Waals surface area contributed by atoms with Gasteiger partial charge in [0.15, 0.2) is 0 Å². The summed E-state index contributed by atoms with van der Waals surface area (Å²) < 4.78 is 1.63. The second kappa shape index (κ2) is 6.65. The van der Waals surface area contributed by atoms with Gasteiger partial charge in [0.1, 0.15) is 12.7 Å². The van der Waals surface area contributed by atoms with Gasteiger partial charge in [-0.15, -0.1) is 0 Å². The lowest BCUT2D eigenvalue weighted by Crippen LogP contribution is -2.42. The van der Waals surface area contributed by atoms with Gasteiger partial charge < -0.3 is 10.4 Å². The van der Waals surface area contributed by atoms with Crippen molar-refractivity contribution in [2.75, 3.05) is 0 Å². The van der Waals surface area contributed by atoms with Crippen LogP contribution in [-0.4, -0.2) is 36.9 Å². The highest BCUT2D eigenvalue weighted by Gasteiger charge is 2.36. The third-order valence-corrected chi connectivity index (χ3v) is 3.98. The van der Waals surface area contributed by atoms with Gasteiger partial charge in [0, 0.05) is 12.6 Å². The maximum Gasteiger partial charge on any atom is 0.222 e. The Morgan fingerprint density at radius 1 is 1.45 bits per heavy atom. The van der Waals surface area contributed by atoms with Crippen molar-refractivity contribution in [3.05, 3.63) is 42.7 Å². The van der Waals surface area contributed by atoms with Gasteiger partial charge in [-0.05, 0) is 30.9 Å². The molecule has 1 fully saturated rings. The number of carbonyl (C=O) groups excluding carboxylic acids is 1. The van der Waals surface area contributed by atoms with Crippen LogP contribution in [-0.2, 0) is 11.3 Å². The largest absolute Gasteiger partial charge is 0.393 e. The topological polar surface area (TPSA) is 92.9 Å². The van der Waals surface area contributed by atoms with Gasteiger partial charge in [0.2, 0.25) is 5.91 Å². The predicted octanol–water partition coefficient (Wildman–Crippen LogP) is 0.692. The lowest BCUT2D eigenvalue weighted by molar-refractivity contribution is -0.123. The fourth-order valence-electron chi connectivity index (χ4n) is 2.71. The van der Waals surface area contributed by atoms with E-state index in [4.69, 9.17) is 0 Å². The number of hydrogen-bond donors (Lipinski definition) is 2. The summed E-state index contributed by atoms with van der Waals surface area (Å²) in [6.07, 6.45) is 6.23. The van der Waals surface area contributed by atoms with Gasteiger partial charge >= 0.3 is 0 Å². The number of nitrogens with one attached hydrogen (secondary N) is 1.